The fourth-order valence-electron chi connectivity index (χ4n) is 4.43. The number of hydrogen-bond acceptors (Lipinski definition) is 5. The minimum atomic E-state index is 0.00152. The Labute approximate surface area is 167 Å². The van der Waals surface area contributed by atoms with Crippen molar-refractivity contribution < 1.29 is 4.79 Å². The number of benzene rings is 1. The van der Waals surface area contributed by atoms with Gasteiger partial charge < -0.3 is 10.2 Å². The van der Waals surface area contributed by atoms with Crippen LogP contribution < -0.4 is 5.32 Å². The standard InChI is InChI=1S/C22H29N5O/c1-15-7-4-5-8-17(15)13-26-12-10-18-19(14-26)24-22(25-21(18)23-3)20-9-6-11-27(20)16(2)28/h4-5,7-8,20H,6,9-14H2,1-3H3,(H,23,24,25). The van der Waals surface area contributed by atoms with Gasteiger partial charge in [0, 0.05) is 45.7 Å². The number of carbonyl (C=O) groups excluding carboxylic acids is 1. The molecule has 0 aliphatic carbocycles. The van der Waals surface area contributed by atoms with E-state index in [1.165, 1.54) is 16.7 Å². The van der Waals surface area contributed by atoms with Gasteiger partial charge in [-0.2, -0.15) is 0 Å². The van der Waals surface area contributed by atoms with E-state index in [2.05, 4.69) is 41.4 Å². The molecule has 0 radical (unpaired) electrons. The van der Waals surface area contributed by atoms with E-state index in [1.54, 1.807) is 6.92 Å². The molecule has 28 heavy (non-hydrogen) atoms. The van der Waals surface area contributed by atoms with Gasteiger partial charge in [0.1, 0.15) is 5.82 Å². The van der Waals surface area contributed by atoms with E-state index >= 15 is 0 Å². The number of likely N-dealkylation sites (tertiary alicyclic amines) is 1. The Morgan fingerprint density at radius 3 is 2.82 bits per heavy atom. The lowest BCUT2D eigenvalue weighted by Crippen LogP contribution is -2.34. The first-order valence-corrected chi connectivity index (χ1v) is 10.2. The number of anilines is 1. The molecule has 1 atom stereocenters. The van der Waals surface area contributed by atoms with Gasteiger partial charge in [-0.05, 0) is 37.3 Å². The molecule has 6 nitrogen and oxygen atoms in total. The molecule has 1 aromatic heterocycles. The van der Waals surface area contributed by atoms with Crippen LogP contribution in [-0.2, 0) is 24.3 Å². The predicted octanol–water partition coefficient (Wildman–Crippen LogP) is 3.07. The van der Waals surface area contributed by atoms with Crippen LogP contribution in [0.4, 0.5) is 5.82 Å². The number of carbonyl (C=O) groups is 1. The molecule has 1 unspecified atom stereocenters. The van der Waals surface area contributed by atoms with Crippen molar-refractivity contribution in [1.82, 2.24) is 19.8 Å². The van der Waals surface area contributed by atoms with Crippen LogP contribution in [0.2, 0.25) is 0 Å². The molecule has 3 heterocycles. The largest absolute Gasteiger partial charge is 0.373 e. The van der Waals surface area contributed by atoms with Crippen LogP contribution in [0, 0.1) is 6.92 Å². The molecule has 1 amide bonds. The number of aromatic nitrogens is 2. The van der Waals surface area contributed by atoms with E-state index in [0.717, 1.165) is 62.8 Å². The Morgan fingerprint density at radius 2 is 2.07 bits per heavy atom. The first kappa shape index (κ1) is 18.9. The number of fused-ring (bicyclic) bond motifs is 1. The predicted molar refractivity (Wildman–Crippen MR) is 110 cm³/mol. The zero-order valence-electron chi connectivity index (χ0n) is 17.0. The summed E-state index contributed by atoms with van der Waals surface area (Å²) in [4.78, 5) is 26.1. The van der Waals surface area contributed by atoms with Crippen molar-refractivity contribution in [3.05, 3.63) is 52.5 Å². The number of amides is 1. The van der Waals surface area contributed by atoms with Crippen LogP contribution in [0.3, 0.4) is 0 Å². The molecule has 1 aromatic carbocycles. The third-order valence-electron chi connectivity index (χ3n) is 6.01. The molecule has 1 N–H and O–H groups in total. The first-order valence-electron chi connectivity index (χ1n) is 10.2. The second-order valence-electron chi connectivity index (χ2n) is 7.86. The van der Waals surface area contributed by atoms with E-state index in [9.17, 15) is 4.79 Å². The van der Waals surface area contributed by atoms with Crippen LogP contribution in [-0.4, -0.2) is 45.8 Å². The van der Waals surface area contributed by atoms with Gasteiger partial charge in [0.15, 0.2) is 5.82 Å². The van der Waals surface area contributed by atoms with Crippen molar-refractivity contribution >= 4 is 11.7 Å². The summed E-state index contributed by atoms with van der Waals surface area (Å²) in [5.41, 5.74) is 5.02. The maximum absolute atomic E-state index is 12.0. The average Bonchev–Trinajstić information content (AvgIpc) is 3.19. The summed E-state index contributed by atoms with van der Waals surface area (Å²) in [6.07, 6.45) is 2.90. The van der Waals surface area contributed by atoms with E-state index in [-0.39, 0.29) is 11.9 Å². The summed E-state index contributed by atoms with van der Waals surface area (Å²) in [6, 6.07) is 8.57. The summed E-state index contributed by atoms with van der Waals surface area (Å²) >= 11 is 0. The number of rotatable bonds is 4. The second kappa shape index (κ2) is 7.87. The van der Waals surface area contributed by atoms with Gasteiger partial charge in [0.25, 0.3) is 0 Å². The highest BCUT2D eigenvalue weighted by Crippen LogP contribution is 2.33. The molecule has 2 aliphatic rings. The highest BCUT2D eigenvalue weighted by atomic mass is 16.2. The molecule has 4 rings (SSSR count). The van der Waals surface area contributed by atoms with Crippen molar-refractivity contribution in [3.8, 4) is 0 Å². The Bertz CT molecular complexity index is 881. The number of nitrogens with zero attached hydrogens (tertiary/aromatic N) is 4. The minimum Gasteiger partial charge on any atom is -0.373 e. The van der Waals surface area contributed by atoms with Crippen molar-refractivity contribution in [2.75, 3.05) is 25.5 Å². The van der Waals surface area contributed by atoms with Crippen LogP contribution in [0.15, 0.2) is 24.3 Å². The van der Waals surface area contributed by atoms with Gasteiger partial charge in [0.05, 0.1) is 11.7 Å². The Balaban J connectivity index is 1.61. The van der Waals surface area contributed by atoms with Crippen LogP contribution >= 0.6 is 0 Å². The molecule has 0 saturated carbocycles. The molecule has 1 saturated heterocycles. The molecular weight excluding hydrogens is 350 g/mol. The number of nitrogens with one attached hydrogen (secondary N) is 1. The third-order valence-corrected chi connectivity index (χ3v) is 6.01. The summed E-state index contributed by atoms with van der Waals surface area (Å²) in [5.74, 6) is 1.82. The minimum absolute atomic E-state index is 0.00152. The fraction of sp³-hybridized carbons (Fsp3) is 0.500. The quantitative estimate of drug-likeness (QED) is 0.885. The molecule has 2 aromatic rings. The number of hydrogen-bond donors (Lipinski definition) is 1. The van der Waals surface area contributed by atoms with E-state index in [0.29, 0.717) is 0 Å². The molecule has 2 aliphatic heterocycles. The third kappa shape index (κ3) is 3.61. The topological polar surface area (TPSA) is 61.4 Å². The Kier molecular flexibility index (Phi) is 5.31. The van der Waals surface area contributed by atoms with Crippen molar-refractivity contribution in [2.24, 2.45) is 0 Å². The van der Waals surface area contributed by atoms with E-state index in [4.69, 9.17) is 9.97 Å². The first-order chi connectivity index (χ1) is 13.6. The summed E-state index contributed by atoms with van der Waals surface area (Å²) in [5, 5.41) is 3.26. The lowest BCUT2D eigenvalue weighted by Gasteiger charge is -2.31. The van der Waals surface area contributed by atoms with Gasteiger partial charge in [-0.25, -0.2) is 9.97 Å². The molecule has 148 valence electrons. The normalized spacial score (nSPS) is 19.5. The summed E-state index contributed by atoms with van der Waals surface area (Å²) in [6.45, 7) is 7.36. The average molecular weight is 380 g/mol. The highest BCUT2D eigenvalue weighted by molar-refractivity contribution is 5.74. The highest BCUT2D eigenvalue weighted by Gasteiger charge is 2.32. The van der Waals surface area contributed by atoms with E-state index < -0.39 is 0 Å². The van der Waals surface area contributed by atoms with Gasteiger partial charge in [-0.3, -0.25) is 9.69 Å². The summed E-state index contributed by atoms with van der Waals surface area (Å²) in [7, 11) is 1.92. The van der Waals surface area contributed by atoms with Crippen molar-refractivity contribution in [1.29, 1.82) is 0 Å². The molecule has 0 bridgehead atoms. The molecular formula is C22H29N5O. The van der Waals surface area contributed by atoms with Crippen LogP contribution in [0.5, 0.6) is 0 Å². The molecule has 0 spiro atoms. The SMILES string of the molecule is CNc1nc(C2CCCN2C(C)=O)nc2c1CCN(Cc1ccccc1C)C2. The van der Waals surface area contributed by atoms with Gasteiger partial charge in [-0.15, -0.1) is 0 Å². The second-order valence-corrected chi connectivity index (χ2v) is 7.86. The Morgan fingerprint density at radius 1 is 1.25 bits per heavy atom. The smallest absolute Gasteiger partial charge is 0.220 e. The van der Waals surface area contributed by atoms with Crippen molar-refractivity contribution in [2.45, 2.75) is 52.2 Å². The lowest BCUT2D eigenvalue weighted by atomic mass is 10.0. The number of aryl methyl sites for hydroxylation is 1. The zero-order chi connectivity index (χ0) is 19.7. The molecule has 6 heteroatoms. The molecule has 1 fully saturated rings. The van der Waals surface area contributed by atoms with E-state index in [1.807, 2.05) is 11.9 Å². The maximum atomic E-state index is 12.0. The fourth-order valence-corrected chi connectivity index (χ4v) is 4.43. The summed E-state index contributed by atoms with van der Waals surface area (Å²) < 4.78 is 0. The van der Waals surface area contributed by atoms with Crippen LogP contribution in [0.25, 0.3) is 0 Å². The van der Waals surface area contributed by atoms with Crippen LogP contribution in [0.1, 0.15) is 54.0 Å². The maximum Gasteiger partial charge on any atom is 0.220 e. The zero-order valence-corrected chi connectivity index (χ0v) is 17.0. The Hall–Kier alpha value is -2.47. The monoisotopic (exact) mass is 379 g/mol. The van der Waals surface area contributed by atoms with Gasteiger partial charge in [0.2, 0.25) is 5.91 Å². The van der Waals surface area contributed by atoms with Crippen molar-refractivity contribution in [3.63, 3.8) is 0 Å². The van der Waals surface area contributed by atoms with Gasteiger partial charge >= 0.3 is 0 Å². The lowest BCUT2D eigenvalue weighted by molar-refractivity contribution is -0.129. The van der Waals surface area contributed by atoms with Gasteiger partial charge in [-0.1, -0.05) is 24.3 Å².